The van der Waals surface area contributed by atoms with E-state index in [4.69, 9.17) is 0 Å². The zero-order chi connectivity index (χ0) is 18.0. The molecule has 1 N–H and O–H groups in total. The zero-order valence-electron chi connectivity index (χ0n) is 14.7. The van der Waals surface area contributed by atoms with Crippen molar-refractivity contribution in [1.82, 2.24) is 19.5 Å². The predicted octanol–water partition coefficient (Wildman–Crippen LogP) is 2.60. The summed E-state index contributed by atoms with van der Waals surface area (Å²) < 4.78 is 2.01. The third-order valence-corrected chi connectivity index (χ3v) is 3.98. The summed E-state index contributed by atoms with van der Waals surface area (Å²) in [4.78, 5) is 26.7. The van der Waals surface area contributed by atoms with Gasteiger partial charge in [0.1, 0.15) is 11.5 Å². The Morgan fingerprint density at radius 2 is 1.76 bits per heavy atom. The number of benzene rings is 1. The van der Waals surface area contributed by atoms with Gasteiger partial charge in [0.15, 0.2) is 0 Å². The van der Waals surface area contributed by atoms with Crippen molar-refractivity contribution in [3.05, 3.63) is 60.1 Å². The first kappa shape index (κ1) is 16.6. The zero-order valence-corrected chi connectivity index (χ0v) is 14.7. The van der Waals surface area contributed by atoms with Gasteiger partial charge in [-0.3, -0.25) is 4.79 Å². The van der Waals surface area contributed by atoms with Crippen LogP contribution in [0.1, 0.15) is 21.9 Å². The molecule has 2 heterocycles. The molecule has 7 nitrogen and oxygen atoms in total. The molecule has 0 unspecified atom stereocenters. The van der Waals surface area contributed by atoms with Crippen molar-refractivity contribution < 1.29 is 4.79 Å². The van der Waals surface area contributed by atoms with Crippen molar-refractivity contribution in [1.29, 1.82) is 0 Å². The summed E-state index contributed by atoms with van der Waals surface area (Å²) in [7, 11) is 3.74. The van der Waals surface area contributed by atoms with E-state index < -0.39 is 0 Å². The molecular formula is C18H20N6O. The normalized spacial score (nSPS) is 10.6. The van der Waals surface area contributed by atoms with E-state index in [1.807, 2.05) is 61.7 Å². The van der Waals surface area contributed by atoms with Crippen LogP contribution in [0, 0.1) is 13.8 Å². The van der Waals surface area contributed by atoms with Crippen LogP contribution in [0.3, 0.4) is 0 Å². The molecular weight excluding hydrogens is 316 g/mol. The highest BCUT2D eigenvalue weighted by Gasteiger charge is 2.10. The standard InChI is InChI=1S/C18H20N6O/c1-12-13(2)24(11-21-12)15-7-5-14(6-8-15)22-18(25)16-9-20-17(10-19-16)23(3)4/h5-11H,1-4H3,(H,22,25). The van der Waals surface area contributed by atoms with E-state index in [1.165, 1.54) is 6.20 Å². The Labute approximate surface area is 146 Å². The van der Waals surface area contributed by atoms with Gasteiger partial charge in [-0.05, 0) is 38.1 Å². The molecule has 1 aromatic carbocycles. The molecule has 1 amide bonds. The average Bonchev–Trinajstić information content (AvgIpc) is 2.95. The first-order valence-corrected chi connectivity index (χ1v) is 7.87. The molecule has 0 radical (unpaired) electrons. The number of anilines is 2. The number of nitrogens with zero attached hydrogens (tertiary/aromatic N) is 5. The van der Waals surface area contributed by atoms with Gasteiger partial charge < -0.3 is 14.8 Å². The Kier molecular flexibility index (Phi) is 4.47. The summed E-state index contributed by atoms with van der Waals surface area (Å²) in [5.74, 6) is 0.409. The molecule has 0 aliphatic heterocycles. The van der Waals surface area contributed by atoms with Gasteiger partial charge in [-0.25, -0.2) is 15.0 Å². The molecule has 0 fully saturated rings. The summed E-state index contributed by atoms with van der Waals surface area (Å²) in [6, 6.07) is 7.57. The number of aryl methyl sites for hydroxylation is 1. The maximum atomic E-state index is 12.3. The Hall–Kier alpha value is -3.22. The summed E-state index contributed by atoms with van der Waals surface area (Å²) in [6.45, 7) is 4.00. The smallest absolute Gasteiger partial charge is 0.275 e. The first-order chi connectivity index (χ1) is 12.0. The minimum atomic E-state index is -0.291. The molecule has 3 rings (SSSR count). The molecule has 25 heavy (non-hydrogen) atoms. The molecule has 0 saturated heterocycles. The van der Waals surface area contributed by atoms with Gasteiger partial charge in [0.25, 0.3) is 5.91 Å². The van der Waals surface area contributed by atoms with Crippen LogP contribution in [0.2, 0.25) is 0 Å². The van der Waals surface area contributed by atoms with E-state index in [1.54, 1.807) is 12.5 Å². The largest absolute Gasteiger partial charge is 0.361 e. The van der Waals surface area contributed by atoms with Gasteiger partial charge in [0.2, 0.25) is 0 Å². The fraction of sp³-hybridized carbons (Fsp3) is 0.222. The van der Waals surface area contributed by atoms with Crippen LogP contribution in [-0.4, -0.2) is 39.5 Å². The molecule has 7 heteroatoms. The lowest BCUT2D eigenvalue weighted by molar-refractivity contribution is 0.102. The van der Waals surface area contributed by atoms with E-state index in [2.05, 4.69) is 20.3 Å². The summed E-state index contributed by atoms with van der Waals surface area (Å²) in [5, 5.41) is 2.83. The number of hydrogen-bond donors (Lipinski definition) is 1. The van der Waals surface area contributed by atoms with E-state index in [9.17, 15) is 4.79 Å². The van der Waals surface area contributed by atoms with Crippen LogP contribution in [-0.2, 0) is 0 Å². The quantitative estimate of drug-likeness (QED) is 0.792. The van der Waals surface area contributed by atoms with E-state index in [-0.39, 0.29) is 11.6 Å². The molecule has 0 atom stereocenters. The van der Waals surface area contributed by atoms with E-state index >= 15 is 0 Å². The predicted molar refractivity (Wildman–Crippen MR) is 97.4 cm³/mol. The second kappa shape index (κ2) is 6.72. The van der Waals surface area contributed by atoms with Crippen molar-refractivity contribution in [2.24, 2.45) is 0 Å². The first-order valence-electron chi connectivity index (χ1n) is 7.87. The average molecular weight is 336 g/mol. The van der Waals surface area contributed by atoms with Crippen LogP contribution >= 0.6 is 0 Å². The molecule has 128 valence electrons. The fourth-order valence-corrected chi connectivity index (χ4v) is 2.33. The number of carbonyl (C=O) groups is 1. The second-order valence-electron chi connectivity index (χ2n) is 5.94. The number of imidazole rings is 1. The van der Waals surface area contributed by atoms with Crippen molar-refractivity contribution >= 4 is 17.4 Å². The molecule has 3 aromatic rings. The Morgan fingerprint density at radius 3 is 2.28 bits per heavy atom. The van der Waals surface area contributed by atoms with Crippen LogP contribution in [0.5, 0.6) is 0 Å². The Morgan fingerprint density at radius 1 is 1.04 bits per heavy atom. The van der Waals surface area contributed by atoms with Crippen LogP contribution < -0.4 is 10.2 Å². The van der Waals surface area contributed by atoms with Gasteiger partial charge in [0, 0.05) is 31.2 Å². The number of aromatic nitrogens is 4. The Bertz CT molecular complexity index is 881. The van der Waals surface area contributed by atoms with Crippen LogP contribution in [0.25, 0.3) is 5.69 Å². The lowest BCUT2D eigenvalue weighted by Gasteiger charge is -2.11. The van der Waals surface area contributed by atoms with Crippen molar-refractivity contribution in [3.8, 4) is 5.69 Å². The number of hydrogen-bond acceptors (Lipinski definition) is 5. The SMILES string of the molecule is Cc1ncn(-c2ccc(NC(=O)c3cnc(N(C)C)cn3)cc2)c1C. The fourth-order valence-electron chi connectivity index (χ4n) is 2.33. The van der Waals surface area contributed by atoms with Crippen LogP contribution in [0.15, 0.2) is 43.0 Å². The molecule has 0 aliphatic rings. The maximum absolute atomic E-state index is 12.3. The van der Waals surface area contributed by atoms with Gasteiger partial charge in [0.05, 0.1) is 24.4 Å². The second-order valence-corrected chi connectivity index (χ2v) is 5.94. The third-order valence-electron chi connectivity index (χ3n) is 3.98. The molecule has 2 aromatic heterocycles. The van der Waals surface area contributed by atoms with Crippen molar-refractivity contribution in [2.75, 3.05) is 24.3 Å². The number of carbonyl (C=O) groups excluding carboxylic acids is 1. The highest BCUT2D eigenvalue weighted by molar-refractivity contribution is 6.02. The van der Waals surface area contributed by atoms with E-state index in [0.717, 1.165) is 17.1 Å². The maximum Gasteiger partial charge on any atom is 0.275 e. The number of nitrogens with one attached hydrogen (secondary N) is 1. The minimum absolute atomic E-state index is 0.274. The number of amides is 1. The molecule has 0 spiro atoms. The van der Waals surface area contributed by atoms with Crippen molar-refractivity contribution in [3.63, 3.8) is 0 Å². The van der Waals surface area contributed by atoms with E-state index in [0.29, 0.717) is 11.5 Å². The van der Waals surface area contributed by atoms with Gasteiger partial charge in [-0.2, -0.15) is 0 Å². The monoisotopic (exact) mass is 336 g/mol. The summed E-state index contributed by atoms with van der Waals surface area (Å²) >= 11 is 0. The number of rotatable bonds is 4. The molecule has 0 bridgehead atoms. The lowest BCUT2D eigenvalue weighted by Crippen LogP contribution is -2.16. The molecule has 0 aliphatic carbocycles. The topological polar surface area (TPSA) is 75.9 Å². The van der Waals surface area contributed by atoms with Crippen LogP contribution in [0.4, 0.5) is 11.5 Å². The van der Waals surface area contributed by atoms with Gasteiger partial charge >= 0.3 is 0 Å². The highest BCUT2D eigenvalue weighted by Crippen LogP contribution is 2.17. The van der Waals surface area contributed by atoms with Gasteiger partial charge in [-0.15, -0.1) is 0 Å². The minimum Gasteiger partial charge on any atom is -0.361 e. The highest BCUT2D eigenvalue weighted by atomic mass is 16.1. The van der Waals surface area contributed by atoms with Gasteiger partial charge in [-0.1, -0.05) is 0 Å². The lowest BCUT2D eigenvalue weighted by atomic mass is 10.2. The molecule has 0 saturated carbocycles. The van der Waals surface area contributed by atoms with Crippen molar-refractivity contribution in [2.45, 2.75) is 13.8 Å². The Balaban J connectivity index is 1.72. The third kappa shape index (κ3) is 3.50. The summed E-state index contributed by atoms with van der Waals surface area (Å²) in [5.41, 5.74) is 4.05. The summed E-state index contributed by atoms with van der Waals surface area (Å²) in [6.07, 6.45) is 4.83.